The van der Waals surface area contributed by atoms with Gasteiger partial charge in [-0.05, 0) is 43.9 Å². The molecule has 1 aliphatic rings. The summed E-state index contributed by atoms with van der Waals surface area (Å²) in [7, 11) is 3.37. The van der Waals surface area contributed by atoms with Crippen LogP contribution < -0.4 is 9.47 Å². The number of rotatable bonds is 8. The molecule has 0 aliphatic carbocycles. The average molecular weight is 370 g/mol. The molecule has 2 aromatic carbocycles. The number of methoxy groups -OCH3 is 2. The maximum absolute atomic E-state index is 10.2. The summed E-state index contributed by atoms with van der Waals surface area (Å²) in [6.07, 6.45) is 4.24. The highest BCUT2D eigenvalue weighted by molar-refractivity contribution is 5.40. The van der Waals surface area contributed by atoms with E-state index < -0.39 is 0 Å². The fourth-order valence-electron chi connectivity index (χ4n) is 4.13. The van der Waals surface area contributed by atoms with Gasteiger partial charge in [0.25, 0.3) is 0 Å². The zero-order valence-electron chi connectivity index (χ0n) is 16.5. The molecule has 4 heteroatoms. The van der Waals surface area contributed by atoms with E-state index in [4.69, 9.17) is 9.47 Å². The predicted octanol–water partition coefficient (Wildman–Crippen LogP) is 3.91. The third-order valence-electron chi connectivity index (χ3n) is 5.75. The zero-order valence-corrected chi connectivity index (χ0v) is 16.5. The molecule has 2 aromatic rings. The van der Waals surface area contributed by atoms with Crippen LogP contribution in [0.1, 0.15) is 30.4 Å². The third kappa shape index (κ3) is 5.02. The van der Waals surface area contributed by atoms with Crippen molar-refractivity contribution in [2.45, 2.75) is 32.2 Å². The number of hydrogen-bond donors (Lipinski definition) is 1. The molecule has 1 N–H and O–H groups in total. The van der Waals surface area contributed by atoms with E-state index in [1.54, 1.807) is 14.2 Å². The van der Waals surface area contributed by atoms with Crippen molar-refractivity contribution in [2.75, 3.05) is 33.9 Å². The molecule has 1 saturated heterocycles. The number of hydrogen-bond acceptors (Lipinski definition) is 4. The summed E-state index contributed by atoms with van der Waals surface area (Å²) in [4.78, 5) is 2.45. The van der Waals surface area contributed by atoms with Crippen LogP contribution >= 0.6 is 0 Å². The van der Waals surface area contributed by atoms with E-state index in [2.05, 4.69) is 41.3 Å². The second kappa shape index (κ2) is 9.25. The molecule has 0 aromatic heterocycles. The Kier molecular flexibility index (Phi) is 6.75. The van der Waals surface area contributed by atoms with Crippen LogP contribution in [0.3, 0.4) is 0 Å². The Bertz CT molecular complexity index is 719. The van der Waals surface area contributed by atoms with Crippen LogP contribution in [0.5, 0.6) is 11.5 Å². The average Bonchev–Trinajstić information content (AvgIpc) is 2.73. The molecule has 0 radical (unpaired) electrons. The number of likely N-dealkylation sites (tertiary alicyclic amines) is 1. The van der Waals surface area contributed by atoms with Gasteiger partial charge in [0.15, 0.2) is 0 Å². The molecule has 0 unspecified atom stereocenters. The van der Waals surface area contributed by atoms with Gasteiger partial charge in [-0.1, -0.05) is 36.4 Å². The number of aryl methyl sites for hydroxylation is 1. The summed E-state index contributed by atoms with van der Waals surface area (Å²) < 4.78 is 10.9. The maximum atomic E-state index is 10.2. The molecule has 1 aliphatic heterocycles. The van der Waals surface area contributed by atoms with Gasteiger partial charge in [-0.15, -0.1) is 0 Å². The standard InChI is InChI=1S/C23H31NO3/c1-26-21-10-9-20(22(15-21)27-2)16-24-14-6-12-23(17-24,18-25)13-11-19-7-4-3-5-8-19/h3-5,7-10,15,25H,6,11-14,16-18H2,1-2H3/t23-/m0/s1. The molecule has 0 saturated carbocycles. The number of benzene rings is 2. The fraction of sp³-hybridized carbons (Fsp3) is 0.478. The monoisotopic (exact) mass is 369 g/mol. The molecule has 146 valence electrons. The van der Waals surface area contributed by atoms with Gasteiger partial charge in [0.1, 0.15) is 11.5 Å². The molecule has 3 rings (SSSR count). The summed E-state index contributed by atoms with van der Waals surface area (Å²) in [6.45, 7) is 3.06. The van der Waals surface area contributed by atoms with Crippen LogP contribution in [0.2, 0.25) is 0 Å². The van der Waals surface area contributed by atoms with Gasteiger partial charge < -0.3 is 14.6 Å². The van der Waals surface area contributed by atoms with Crippen molar-refractivity contribution in [1.29, 1.82) is 0 Å². The smallest absolute Gasteiger partial charge is 0.127 e. The number of piperidine rings is 1. The molecule has 0 amide bonds. The summed E-state index contributed by atoms with van der Waals surface area (Å²) in [5.41, 5.74) is 2.49. The Morgan fingerprint density at radius 1 is 1.07 bits per heavy atom. The van der Waals surface area contributed by atoms with Crippen molar-refractivity contribution < 1.29 is 14.6 Å². The van der Waals surface area contributed by atoms with Gasteiger partial charge >= 0.3 is 0 Å². The van der Waals surface area contributed by atoms with Gasteiger partial charge in [0.05, 0.1) is 14.2 Å². The number of aliphatic hydroxyl groups excluding tert-OH is 1. The van der Waals surface area contributed by atoms with Crippen molar-refractivity contribution in [3.05, 3.63) is 59.7 Å². The zero-order chi connectivity index (χ0) is 19.1. The molecule has 1 atom stereocenters. The second-order valence-electron chi connectivity index (χ2n) is 7.64. The Hall–Kier alpha value is -2.04. The summed E-state index contributed by atoms with van der Waals surface area (Å²) in [5.74, 6) is 1.67. The summed E-state index contributed by atoms with van der Waals surface area (Å²) >= 11 is 0. The maximum Gasteiger partial charge on any atom is 0.127 e. The first-order valence-corrected chi connectivity index (χ1v) is 9.76. The van der Waals surface area contributed by atoms with Crippen molar-refractivity contribution in [2.24, 2.45) is 5.41 Å². The van der Waals surface area contributed by atoms with E-state index in [1.165, 1.54) is 5.56 Å². The normalized spacial score (nSPS) is 20.4. The first-order valence-electron chi connectivity index (χ1n) is 9.76. The lowest BCUT2D eigenvalue weighted by atomic mass is 9.76. The molecular weight excluding hydrogens is 338 g/mol. The van der Waals surface area contributed by atoms with Crippen LogP contribution in [0.25, 0.3) is 0 Å². The number of nitrogens with zero attached hydrogens (tertiary/aromatic N) is 1. The Morgan fingerprint density at radius 2 is 1.89 bits per heavy atom. The predicted molar refractivity (Wildman–Crippen MR) is 108 cm³/mol. The minimum absolute atomic E-state index is 0.0200. The second-order valence-corrected chi connectivity index (χ2v) is 7.64. The quantitative estimate of drug-likeness (QED) is 0.766. The first-order chi connectivity index (χ1) is 13.2. The van der Waals surface area contributed by atoms with E-state index in [9.17, 15) is 5.11 Å². The van der Waals surface area contributed by atoms with E-state index in [0.29, 0.717) is 0 Å². The molecular formula is C23H31NO3. The Labute approximate surface area is 162 Å². The van der Waals surface area contributed by atoms with Gasteiger partial charge in [0, 0.05) is 36.7 Å². The van der Waals surface area contributed by atoms with Crippen molar-refractivity contribution in [3.8, 4) is 11.5 Å². The largest absolute Gasteiger partial charge is 0.497 e. The number of aliphatic hydroxyl groups is 1. The van der Waals surface area contributed by atoms with E-state index in [-0.39, 0.29) is 12.0 Å². The van der Waals surface area contributed by atoms with E-state index >= 15 is 0 Å². The Morgan fingerprint density at radius 3 is 2.59 bits per heavy atom. The third-order valence-corrected chi connectivity index (χ3v) is 5.75. The lowest BCUT2D eigenvalue weighted by molar-refractivity contribution is 0.0221. The van der Waals surface area contributed by atoms with Gasteiger partial charge in [0.2, 0.25) is 0 Å². The Balaban J connectivity index is 1.67. The minimum atomic E-state index is -0.0200. The van der Waals surface area contributed by atoms with Crippen LogP contribution in [0, 0.1) is 5.41 Å². The van der Waals surface area contributed by atoms with Crippen molar-refractivity contribution >= 4 is 0 Å². The molecule has 27 heavy (non-hydrogen) atoms. The topological polar surface area (TPSA) is 41.9 Å². The molecule has 0 spiro atoms. The molecule has 0 bridgehead atoms. The highest BCUT2D eigenvalue weighted by atomic mass is 16.5. The van der Waals surface area contributed by atoms with E-state index in [1.807, 2.05) is 12.1 Å². The highest BCUT2D eigenvalue weighted by Gasteiger charge is 2.34. The summed E-state index contributed by atoms with van der Waals surface area (Å²) in [6, 6.07) is 16.6. The van der Waals surface area contributed by atoms with Crippen molar-refractivity contribution in [1.82, 2.24) is 4.90 Å². The van der Waals surface area contributed by atoms with Crippen LogP contribution in [-0.4, -0.2) is 43.9 Å². The lowest BCUT2D eigenvalue weighted by Gasteiger charge is -2.42. The fourth-order valence-corrected chi connectivity index (χ4v) is 4.13. The van der Waals surface area contributed by atoms with Crippen LogP contribution in [0.15, 0.2) is 48.5 Å². The van der Waals surface area contributed by atoms with Crippen LogP contribution in [0.4, 0.5) is 0 Å². The molecule has 4 nitrogen and oxygen atoms in total. The lowest BCUT2D eigenvalue weighted by Crippen LogP contribution is -2.45. The van der Waals surface area contributed by atoms with Crippen LogP contribution in [-0.2, 0) is 13.0 Å². The molecule has 1 heterocycles. The SMILES string of the molecule is COc1ccc(CN2CCC[C@](CO)(CCc3ccccc3)C2)c(OC)c1. The summed E-state index contributed by atoms with van der Waals surface area (Å²) in [5, 5.41) is 10.2. The minimum Gasteiger partial charge on any atom is -0.497 e. The van der Waals surface area contributed by atoms with Gasteiger partial charge in [-0.3, -0.25) is 4.90 Å². The van der Waals surface area contributed by atoms with Crippen molar-refractivity contribution in [3.63, 3.8) is 0 Å². The van der Waals surface area contributed by atoms with E-state index in [0.717, 1.165) is 62.4 Å². The van der Waals surface area contributed by atoms with Gasteiger partial charge in [-0.2, -0.15) is 0 Å². The highest BCUT2D eigenvalue weighted by Crippen LogP contribution is 2.36. The first kappa shape index (κ1) is 19.7. The number of ether oxygens (including phenoxy) is 2. The molecule has 1 fully saturated rings. The van der Waals surface area contributed by atoms with Gasteiger partial charge in [-0.25, -0.2) is 0 Å².